The van der Waals surface area contributed by atoms with Crippen LogP contribution in [-0.4, -0.2) is 16.1 Å². The van der Waals surface area contributed by atoms with Gasteiger partial charge in [0.15, 0.2) is 0 Å². The first kappa shape index (κ1) is 13.1. The van der Waals surface area contributed by atoms with E-state index in [0.717, 1.165) is 33.8 Å². The van der Waals surface area contributed by atoms with Gasteiger partial charge in [-0.3, -0.25) is 0 Å². The van der Waals surface area contributed by atoms with E-state index in [2.05, 4.69) is 4.98 Å². The lowest BCUT2D eigenvalue weighted by Gasteiger charge is -2.06. The molecule has 0 saturated heterocycles. The van der Waals surface area contributed by atoms with Crippen LogP contribution in [0.15, 0.2) is 66.7 Å². The smallest absolute Gasteiger partial charge is 0.328 e. The first-order valence-corrected chi connectivity index (χ1v) is 6.60. The maximum Gasteiger partial charge on any atom is 0.328 e. The summed E-state index contributed by atoms with van der Waals surface area (Å²) in [7, 11) is 0. The van der Waals surface area contributed by atoms with Gasteiger partial charge in [-0.05, 0) is 23.8 Å². The van der Waals surface area contributed by atoms with E-state index in [0.29, 0.717) is 0 Å². The summed E-state index contributed by atoms with van der Waals surface area (Å²) in [5.74, 6) is -0.962. The van der Waals surface area contributed by atoms with Crippen molar-refractivity contribution in [3.8, 4) is 11.3 Å². The SMILES string of the molecule is O=C(O)C=Cc1ccccc1-c1ccc2ccccc2n1. The summed E-state index contributed by atoms with van der Waals surface area (Å²) in [6, 6.07) is 19.5. The second kappa shape index (κ2) is 5.59. The summed E-state index contributed by atoms with van der Waals surface area (Å²) in [6.07, 6.45) is 2.73. The second-order valence-electron chi connectivity index (χ2n) is 4.65. The average molecular weight is 275 g/mol. The van der Waals surface area contributed by atoms with Crippen LogP contribution in [-0.2, 0) is 4.79 Å². The summed E-state index contributed by atoms with van der Waals surface area (Å²) in [6.45, 7) is 0. The average Bonchev–Trinajstić information content (AvgIpc) is 2.52. The Kier molecular flexibility index (Phi) is 3.48. The molecule has 1 heterocycles. The Morgan fingerprint density at radius 1 is 0.952 bits per heavy atom. The lowest BCUT2D eigenvalue weighted by Crippen LogP contribution is -1.90. The first-order valence-electron chi connectivity index (χ1n) is 6.60. The van der Waals surface area contributed by atoms with Crippen LogP contribution >= 0.6 is 0 Å². The molecule has 0 atom stereocenters. The van der Waals surface area contributed by atoms with Crippen LogP contribution < -0.4 is 0 Å². The molecule has 0 aliphatic heterocycles. The summed E-state index contributed by atoms with van der Waals surface area (Å²) in [5.41, 5.74) is 3.51. The number of carboxylic acid groups (broad SMARTS) is 1. The molecule has 0 aliphatic carbocycles. The highest BCUT2D eigenvalue weighted by molar-refractivity contribution is 5.88. The largest absolute Gasteiger partial charge is 0.478 e. The maximum atomic E-state index is 10.7. The van der Waals surface area contributed by atoms with Crippen molar-refractivity contribution in [3.63, 3.8) is 0 Å². The number of nitrogens with zero attached hydrogens (tertiary/aromatic N) is 1. The van der Waals surface area contributed by atoms with Crippen LogP contribution in [0.4, 0.5) is 0 Å². The number of hydrogen-bond donors (Lipinski definition) is 1. The second-order valence-corrected chi connectivity index (χ2v) is 4.65. The fourth-order valence-electron chi connectivity index (χ4n) is 2.25. The molecule has 3 heteroatoms. The highest BCUT2D eigenvalue weighted by Gasteiger charge is 2.05. The predicted octanol–water partition coefficient (Wildman–Crippen LogP) is 4.00. The molecule has 0 amide bonds. The monoisotopic (exact) mass is 275 g/mol. The zero-order chi connectivity index (χ0) is 14.7. The Morgan fingerprint density at radius 3 is 2.57 bits per heavy atom. The molecule has 0 aliphatic rings. The molecule has 0 spiro atoms. The van der Waals surface area contributed by atoms with Crippen molar-refractivity contribution in [2.24, 2.45) is 0 Å². The fourth-order valence-corrected chi connectivity index (χ4v) is 2.25. The first-order chi connectivity index (χ1) is 10.2. The number of carbonyl (C=O) groups is 1. The standard InChI is InChI=1S/C18H13NO2/c20-18(21)12-10-13-5-1-3-7-15(13)17-11-9-14-6-2-4-8-16(14)19-17/h1-12H,(H,20,21). The third kappa shape index (κ3) is 2.82. The van der Waals surface area contributed by atoms with E-state index in [1.54, 1.807) is 6.08 Å². The van der Waals surface area contributed by atoms with Gasteiger partial charge in [-0.2, -0.15) is 0 Å². The quantitative estimate of drug-likeness (QED) is 0.735. The molecule has 0 fully saturated rings. The molecule has 3 aromatic rings. The van der Waals surface area contributed by atoms with Gasteiger partial charge in [0, 0.05) is 17.0 Å². The number of hydrogen-bond acceptors (Lipinski definition) is 2. The van der Waals surface area contributed by atoms with Gasteiger partial charge in [-0.25, -0.2) is 9.78 Å². The maximum absolute atomic E-state index is 10.7. The van der Waals surface area contributed by atoms with E-state index >= 15 is 0 Å². The van der Waals surface area contributed by atoms with Gasteiger partial charge in [0.1, 0.15) is 0 Å². The van der Waals surface area contributed by atoms with Crippen molar-refractivity contribution < 1.29 is 9.90 Å². The molecule has 0 unspecified atom stereocenters. The molecule has 2 aromatic carbocycles. The number of pyridine rings is 1. The highest BCUT2D eigenvalue weighted by Crippen LogP contribution is 2.25. The van der Waals surface area contributed by atoms with E-state index in [1.807, 2.05) is 60.7 Å². The number of rotatable bonds is 3. The van der Waals surface area contributed by atoms with Gasteiger partial charge in [0.25, 0.3) is 0 Å². The lowest BCUT2D eigenvalue weighted by atomic mass is 10.0. The highest BCUT2D eigenvalue weighted by atomic mass is 16.4. The molecule has 3 rings (SSSR count). The van der Waals surface area contributed by atoms with Crippen molar-refractivity contribution in [1.82, 2.24) is 4.98 Å². The normalized spacial score (nSPS) is 11.0. The van der Waals surface area contributed by atoms with Crippen molar-refractivity contribution in [2.75, 3.05) is 0 Å². The Balaban J connectivity index is 2.12. The van der Waals surface area contributed by atoms with Crippen LogP contribution in [0.5, 0.6) is 0 Å². The van der Waals surface area contributed by atoms with Crippen LogP contribution in [0.25, 0.3) is 28.2 Å². The minimum atomic E-state index is -0.962. The van der Waals surface area contributed by atoms with Crippen LogP contribution in [0.1, 0.15) is 5.56 Å². The van der Waals surface area contributed by atoms with Gasteiger partial charge in [-0.15, -0.1) is 0 Å². The Hall–Kier alpha value is -2.94. The number of fused-ring (bicyclic) bond motifs is 1. The number of carboxylic acids is 1. The molecule has 0 radical (unpaired) electrons. The molecule has 1 aromatic heterocycles. The Bertz CT molecular complexity index is 837. The summed E-state index contributed by atoms with van der Waals surface area (Å²) >= 11 is 0. The molecule has 21 heavy (non-hydrogen) atoms. The number of aromatic nitrogens is 1. The van der Waals surface area contributed by atoms with E-state index in [-0.39, 0.29) is 0 Å². The zero-order valence-corrected chi connectivity index (χ0v) is 11.2. The number of para-hydroxylation sites is 1. The van der Waals surface area contributed by atoms with Gasteiger partial charge in [0.2, 0.25) is 0 Å². The van der Waals surface area contributed by atoms with Crippen molar-refractivity contribution in [2.45, 2.75) is 0 Å². The lowest BCUT2D eigenvalue weighted by molar-refractivity contribution is -0.131. The van der Waals surface area contributed by atoms with E-state index in [1.165, 1.54) is 0 Å². The van der Waals surface area contributed by atoms with Crippen molar-refractivity contribution in [1.29, 1.82) is 0 Å². The van der Waals surface area contributed by atoms with Gasteiger partial charge in [-0.1, -0.05) is 48.5 Å². The molecule has 0 saturated carbocycles. The zero-order valence-electron chi connectivity index (χ0n) is 11.2. The third-order valence-corrected chi connectivity index (χ3v) is 3.24. The minimum Gasteiger partial charge on any atom is -0.478 e. The number of aliphatic carboxylic acids is 1. The van der Waals surface area contributed by atoms with Gasteiger partial charge >= 0.3 is 5.97 Å². The Morgan fingerprint density at radius 2 is 1.71 bits per heavy atom. The van der Waals surface area contributed by atoms with E-state index < -0.39 is 5.97 Å². The van der Waals surface area contributed by atoms with Crippen LogP contribution in [0.2, 0.25) is 0 Å². The molecular formula is C18H13NO2. The molecule has 1 N–H and O–H groups in total. The topological polar surface area (TPSA) is 50.2 Å². The van der Waals surface area contributed by atoms with Crippen molar-refractivity contribution >= 4 is 22.9 Å². The van der Waals surface area contributed by atoms with Crippen molar-refractivity contribution in [3.05, 3.63) is 72.3 Å². The van der Waals surface area contributed by atoms with E-state index in [4.69, 9.17) is 5.11 Å². The third-order valence-electron chi connectivity index (χ3n) is 3.24. The Labute approximate surface area is 122 Å². The van der Waals surface area contributed by atoms with Gasteiger partial charge in [0.05, 0.1) is 11.2 Å². The molecule has 102 valence electrons. The van der Waals surface area contributed by atoms with Crippen LogP contribution in [0, 0.1) is 0 Å². The molecule has 0 bridgehead atoms. The van der Waals surface area contributed by atoms with E-state index in [9.17, 15) is 4.79 Å². The summed E-state index contributed by atoms with van der Waals surface area (Å²) < 4.78 is 0. The summed E-state index contributed by atoms with van der Waals surface area (Å²) in [5, 5.41) is 9.86. The van der Waals surface area contributed by atoms with Gasteiger partial charge < -0.3 is 5.11 Å². The molecular weight excluding hydrogens is 262 g/mol. The summed E-state index contributed by atoms with van der Waals surface area (Å²) in [4.78, 5) is 15.3. The molecule has 3 nitrogen and oxygen atoms in total. The minimum absolute atomic E-state index is 0.833. The fraction of sp³-hybridized carbons (Fsp3) is 0. The van der Waals surface area contributed by atoms with Crippen LogP contribution in [0.3, 0.4) is 0 Å². The predicted molar refractivity (Wildman–Crippen MR) is 83.8 cm³/mol. The number of benzene rings is 2.